The topological polar surface area (TPSA) is 70.9 Å². The molecule has 1 N–H and O–H groups in total. The summed E-state index contributed by atoms with van der Waals surface area (Å²) < 4.78 is 0. The van der Waals surface area contributed by atoms with Crippen LogP contribution in [0, 0.1) is 11.8 Å². The van der Waals surface area contributed by atoms with E-state index in [-0.39, 0.29) is 12.5 Å². The molecule has 2 rings (SSSR count). The Morgan fingerprint density at radius 2 is 1.67 bits per heavy atom. The van der Waals surface area contributed by atoms with Gasteiger partial charge in [0.05, 0.1) is 5.71 Å². The number of carbonyl (C=O) groups is 1. The van der Waals surface area contributed by atoms with Crippen molar-refractivity contribution in [3.8, 4) is 0 Å². The van der Waals surface area contributed by atoms with Gasteiger partial charge in [-0.1, -0.05) is 53.2 Å². The highest BCUT2D eigenvalue weighted by atomic mass is 16.3. The lowest BCUT2D eigenvalue weighted by atomic mass is 10.1. The number of nitroso groups, excluding NO2 is 1. The van der Waals surface area contributed by atoms with Crippen LogP contribution in [0.25, 0.3) is 0 Å². The van der Waals surface area contributed by atoms with Crippen LogP contribution < -0.4 is 5.43 Å². The lowest BCUT2D eigenvalue weighted by Crippen LogP contribution is -2.21. The van der Waals surface area contributed by atoms with Gasteiger partial charge in [0.15, 0.2) is 0 Å². The minimum absolute atomic E-state index is 0.0990. The van der Waals surface area contributed by atoms with Crippen LogP contribution in [0.2, 0.25) is 0 Å². The molecule has 5 heteroatoms. The third-order valence-electron chi connectivity index (χ3n) is 2.93. The van der Waals surface area contributed by atoms with Crippen LogP contribution in [-0.4, -0.2) is 18.2 Å². The summed E-state index contributed by atoms with van der Waals surface area (Å²) in [5, 5.41) is 6.85. The molecule has 0 aromatic heterocycles. The van der Waals surface area contributed by atoms with Crippen molar-refractivity contribution in [2.75, 3.05) is 6.54 Å². The fourth-order valence-electron chi connectivity index (χ4n) is 1.77. The SMILES string of the molecule is Cc1ccc(C(=O)NN=C(CN=O)c2ccccc2)cc1. The Labute approximate surface area is 122 Å². The molecule has 21 heavy (non-hydrogen) atoms. The summed E-state index contributed by atoms with van der Waals surface area (Å²) in [6.07, 6.45) is 0. The van der Waals surface area contributed by atoms with Crippen molar-refractivity contribution in [3.63, 3.8) is 0 Å². The molecule has 106 valence electrons. The van der Waals surface area contributed by atoms with E-state index in [1.807, 2.05) is 49.4 Å². The Morgan fingerprint density at radius 3 is 2.29 bits per heavy atom. The second kappa shape index (κ2) is 7.09. The van der Waals surface area contributed by atoms with Crippen molar-refractivity contribution in [1.29, 1.82) is 0 Å². The van der Waals surface area contributed by atoms with Gasteiger partial charge in [0, 0.05) is 5.56 Å². The van der Waals surface area contributed by atoms with Crippen LogP contribution in [0.3, 0.4) is 0 Å². The first-order chi connectivity index (χ1) is 10.2. The van der Waals surface area contributed by atoms with Crippen LogP contribution >= 0.6 is 0 Å². The predicted molar refractivity (Wildman–Crippen MR) is 82.3 cm³/mol. The first-order valence-corrected chi connectivity index (χ1v) is 6.49. The fraction of sp³-hybridized carbons (Fsp3) is 0.125. The maximum absolute atomic E-state index is 12.0. The lowest BCUT2D eigenvalue weighted by molar-refractivity contribution is 0.0955. The number of nitrogens with one attached hydrogen (secondary N) is 1. The van der Waals surface area contributed by atoms with Gasteiger partial charge < -0.3 is 0 Å². The molecule has 0 aliphatic carbocycles. The van der Waals surface area contributed by atoms with E-state index in [1.165, 1.54) is 0 Å². The number of aryl methyl sites for hydroxylation is 1. The molecule has 0 radical (unpaired) electrons. The second-order valence-electron chi connectivity index (χ2n) is 4.52. The third-order valence-corrected chi connectivity index (χ3v) is 2.93. The number of rotatable bonds is 5. The second-order valence-corrected chi connectivity index (χ2v) is 4.52. The number of nitrogens with zero attached hydrogens (tertiary/aromatic N) is 2. The van der Waals surface area contributed by atoms with Gasteiger partial charge in [-0.15, -0.1) is 0 Å². The van der Waals surface area contributed by atoms with Crippen molar-refractivity contribution in [3.05, 3.63) is 76.2 Å². The molecule has 0 heterocycles. The van der Waals surface area contributed by atoms with Crippen molar-refractivity contribution in [2.45, 2.75) is 6.92 Å². The molecule has 0 saturated heterocycles. The number of hydrazone groups is 1. The van der Waals surface area contributed by atoms with Gasteiger partial charge in [-0.05, 0) is 24.6 Å². The van der Waals surface area contributed by atoms with Crippen molar-refractivity contribution in [2.24, 2.45) is 10.3 Å². The highest BCUT2D eigenvalue weighted by Gasteiger charge is 2.07. The number of benzene rings is 2. The number of amides is 1. The maximum Gasteiger partial charge on any atom is 0.271 e. The van der Waals surface area contributed by atoms with Crippen molar-refractivity contribution < 1.29 is 4.79 Å². The molecule has 0 atom stereocenters. The smallest absolute Gasteiger partial charge is 0.267 e. The normalized spacial score (nSPS) is 11.0. The minimum Gasteiger partial charge on any atom is -0.267 e. The number of hydrogen-bond acceptors (Lipinski definition) is 4. The molecule has 0 fully saturated rings. The van der Waals surface area contributed by atoms with E-state index in [1.54, 1.807) is 12.1 Å². The number of hydrogen-bond donors (Lipinski definition) is 1. The molecule has 0 saturated carbocycles. The van der Waals surface area contributed by atoms with Crippen molar-refractivity contribution in [1.82, 2.24) is 5.43 Å². The van der Waals surface area contributed by atoms with E-state index in [0.29, 0.717) is 11.3 Å². The molecule has 1 amide bonds. The Bertz CT molecular complexity index is 649. The summed E-state index contributed by atoms with van der Waals surface area (Å²) in [5.74, 6) is -0.325. The van der Waals surface area contributed by atoms with E-state index in [0.717, 1.165) is 11.1 Å². The first-order valence-electron chi connectivity index (χ1n) is 6.49. The largest absolute Gasteiger partial charge is 0.271 e. The molecule has 2 aromatic carbocycles. The molecule has 0 aliphatic rings. The van der Waals surface area contributed by atoms with E-state index >= 15 is 0 Å². The average Bonchev–Trinajstić information content (AvgIpc) is 2.52. The quantitative estimate of drug-likeness (QED) is 0.520. The summed E-state index contributed by atoms with van der Waals surface area (Å²) in [5.41, 5.74) is 5.21. The monoisotopic (exact) mass is 281 g/mol. The van der Waals surface area contributed by atoms with Crippen LogP contribution in [0.15, 0.2) is 64.9 Å². The van der Waals surface area contributed by atoms with Gasteiger partial charge in [0.2, 0.25) is 0 Å². The molecular formula is C16H15N3O2. The summed E-state index contributed by atoms with van der Waals surface area (Å²) >= 11 is 0. The van der Waals surface area contributed by atoms with E-state index in [2.05, 4.69) is 15.7 Å². The van der Waals surface area contributed by atoms with E-state index in [9.17, 15) is 9.70 Å². The Kier molecular flexibility index (Phi) is 4.93. The van der Waals surface area contributed by atoms with Gasteiger partial charge in [-0.3, -0.25) is 4.79 Å². The summed E-state index contributed by atoms with van der Waals surface area (Å²) in [6, 6.07) is 16.3. The fourth-order valence-corrected chi connectivity index (χ4v) is 1.77. The Morgan fingerprint density at radius 1 is 1.00 bits per heavy atom. The summed E-state index contributed by atoms with van der Waals surface area (Å²) in [6.45, 7) is 1.85. The maximum atomic E-state index is 12.0. The van der Waals surface area contributed by atoms with E-state index in [4.69, 9.17) is 0 Å². The minimum atomic E-state index is -0.325. The number of carbonyl (C=O) groups excluding carboxylic acids is 1. The predicted octanol–water partition coefficient (Wildman–Crippen LogP) is 2.90. The highest BCUT2D eigenvalue weighted by Crippen LogP contribution is 2.04. The van der Waals surface area contributed by atoms with Gasteiger partial charge in [0.25, 0.3) is 5.91 Å². The molecule has 0 aliphatic heterocycles. The van der Waals surface area contributed by atoms with Crippen LogP contribution in [0.4, 0.5) is 0 Å². The summed E-state index contributed by atoms with van der Waals surface area (Å²) in [7, 11) is 0. The molecule has 0 unspecified atom stereocenters. The Balaban J connectivity index is 2.14. The van der Waals surface area contributed by atoms with Gasteiger partial charge >= 0.3 is 0 Å². The zero-order valence-electron chi connectivity index (χ0n) is 11.6. The zero-order valence-corrected chi connectivity index (χ0v) is 11.6. The van der Waals surface area contributed by atoms with Crippen LogP contribution in [-0.2, 0) is 0 Å². The molecular weight excluding hydrogens is 266 g/mol. The summed E-state index contributed by atoms with van der Waals surface area (Å²) in [4.78, 5) is 22.5. The third kappa shape index (κ3) is 4.07. The Hall–Kier alpha value is -2.82. The van der Waals surface area contributed by atoms with Gasteiger partial charge in [-0.2, -0.15) is 10.0 Å². The van der Waals surface area contributed by atoms with Crippen molar-refractivity contribution >= 4 is 11.6 Å². The van der Waals surface area contributed by atoms with E-state index < -0.39 is 0 Å². The average molecular weight is 281 g/mol. The van der Waals surface area contributed by atoms with Gasteiger partial charge in [-0.25, -0.2) is 5.43 Å². The zero-order chi connectivity index (χ0) is 15.1. The molecule has 0 bridgehead atoms. The molecule has 5 nitrogen and oxygen atoms in total. The lowest BCUT2D eigenvalue weighted by Gasteiger charge is -2.04. The van der Waals surface area contributed by atoms with Crippen LogP contribution in [0.5, 0.6) is 0 Å². The highest BCUT2D eigenvalue weighted by molar-refractivity contribution is 6.03. The molecule has 2 aromatic rings. The standard InChI is InChI=1S/C16H15N3O2/c1-12-7-9-14(10-8-12)16(20)19-18-15(11-17-21)13-5-3-2-4-6-13/h2-10H,11H2,1H3,(H,19,20). The molecule has 0 spiro atoms. The first kappa shape index (κ1) is 14.6. The van der Waals surface area contributed by atoms with Gasteiger partial charge in [0.1, 0.15) is 6.54 Å². The van der Waals surface area contributed by atoms with Crippen LogP contribution in [0.1, 0.15) is 21.5 Å².